The number of fused-ring (bicyclic) bond motifs is 3. The minimum atomic E-state index is -0.970. The van der Waals surface area contributed by atoms with Crippen LogP contribution in [-0.2, 0) is 28.7 Å². The largest absolute Gasteiger partial charge is 0.456 e. The molecule has 10 nitrogen and oxygen atoms in total. The molecule has 2 bridgehead atoms. The molecule has 0 saturated carbocycles. The number of rotatable bonds is 4. The number of amides is 4. The number of allylic oxidation sites excluding steroid dienone is 1. The molecule has 2 aliphatic rings. The molecule has 0 aliphatic carbocycles. The Kier molecular flexibility index (Phi) is 36.2. The molecule has 2 fully saturated rings. The van der Waals surface area contributed by atoms with E-state index in [0.29, 0.717) is 12.2 Å². The van der Waals surface area contributed by atoms with Crippen molar-refractivity contribution in [3.05, 3.63) is 12.2 Å². The highest BCUT2D eigenvalue weighted by Gasteiger charge is 2.38. The summed E-state index contributed by atoms with van der Waals surface area (Å²) < 4.78 is 5.55. The van der Waals surface area contributed by atoms with Crippen molar-refractivity contribution < 1.29 is 28.7 Å². The fourth-order valence-electron chi connectivity index (χ4n) is 3.29. The third-order valence-corrected chi connectivity index (χ3v) is 6.77. The van der Waals surface area contributed by atoms with Crippen molar-refractivity contribution in [1.29, 1.82) is 0 Å². The average molecular weight is 683 g/mol. The third-order valence-electron chi connectivity index (χ3n) is 5.19. The quantitative estimate of drug-likeness (QED) is 0.145. The summed E-state index contributed by atoms with van der Waals surface area (Å²) in [4.78, 5) is 63.2. The van der Waals surface area contributed by atoms with Crippen LogP contribution in [0.25, 0.3) is 0 Å². The fraction of sp³-hybridized carbons (Fsp3) is 0.774. The van der Waals surface area contributed by atoms with Crippen LogP contribution >= 0.6 is 37.0 Å². The first-order valence-electron chi connectivity index (χ1n) is 15.7. The van der Waals surface area contributed by atoms with Crippen LogP contribution in [0, 0.1) is 5.92 Å². The van der Waals surface area contributed by atoms with Crippen LogP contribution in [-0.4, -0.2) is 83.4 Å². The zero-order chi connectivity index (χ0) is 35.3. The Labute approximate surface area is 283 Å². The predicted molar refractivity (Wildman–Crippen MR) is 193 cm³/mol. The van der Waals surface area contributed by atoms with Gasteiger partial charge in [-0.2, -0.15) is 37.0 Å². The van der Waals surface area contributed by atoms with Crippen LogP contribution in [0.3, 0.4) is 0 Å². The highest BCUT2D eigenvalue weighted by molar-refractivity contribution is 8.00. The lowest BCUT2D eigenvalue weighted by molar-refractivity contribution is -0.153. The molecule has 5 atom stereocenters. The van der Waals surface area contributed by atoms with Gasteiger partial charge < -0.3 is 26.0 Å². The van der Waals surface area contributed by atoms with E-state index in [-0.39, 0.29) is 29.9 Å². The Bertz CT molecular complexity index is 815. The van der Waals surface area contributed by atoms with E-state index in [1.54, 1.807) is 39.2 Å². The van der Waals surface area contributed by atoms with Crippen molar-refractivity contribution in [2.45, 2.75) is 125 Å². The van der Waals surface area contributed by atoms with Gasteiger partial charge in [-0.05, 0) is 30.4 Å². The summed E-state index contributed by atoms with van der Waals surface area (Å²) in [5.74, 6) is -2.19. The van der Waals surface area contributed by atoms with Crippen LogP contribution in [0.2, 0.25) is 0 Å². The molecule has 0 aromatic heterocycles. The topological polar surface area (TPSA) is 143 Å². The number of carbonyl (C=O) groups is 5. The second-order valence-electron chi connectivity index (χ2n) is 8.98. The van der Waals surface area contributed by atoms with Crippen molar-refractivity contribution in [2.75, 3.05) is 24.3 Å². The Balaban J connectivity index is -0.000000647. The molecule has 4 N–H and O–H groups in total. The molecule has 0 aromatic rings. The lowest BCUT2D eigenvalue weighted by atomic mass is 10.0. The molecule has 3 unspecified atom stereocenters. The highest BCUT2D eigenvalue weighted by atomic mass is 32.2. The number of cyclic esters (lactones) is 1. The molecule has 2 saturated heterocycles. The molecule has 2 heterocycles. The van der Waals surface area contributed by atoms with Crippen LogP contribution in [0.15, 0.2) is 12.2 Å². The van der Waals surface area contributed by atoms with Crippen LogP contribution in [0.4, 0.5) is 0 Å². The minimum Gasteiger partial charge on any atom is -0.456 e. The maximum atomic E-state index is 13.0. The predicted octanol–water partition coefficient (Wildman–Crippen LogP) is 4.58. The lowest BCUT2D eigenvalue weighted by Gasteiger charge is -2.27. The molecular weight excluding hydrogens is 621 g/mol. The normalized spacial score (nSPS) is 23.7. The van der Waals surface area contributed by atoms with E-state index < -0.39 is 53.8 Å². The highest BCUT2D eigenvalue weighted by Crippen LogP contribution is 2.20. The molecule has 2 rings (SSSR count). The van der Waals surface area contributed by atoms with Gasteiger partial charge in [-0.15, -0.1) is 0 Å². The first-order valence-corrected chi connectivity index (χ1v) is 18.3. The average Bonchev–Trinajstić information content (AvgIpc) is 3.16. The van der Waals surface area contributed by atoms with Crippen molar-refractivity contribution >= 4 is 66.6 Å². The zero-order valence-corrected chi connectivity index (χ0v) is 31.7. The summed E-state index contributed by atoms with van der Waals surface area (Å²) in [6.45, 7) is 21.2. The van der Waals surface area contributed by atoms with E-state index in [0.717, 1.165) is 0 Å². The van der Waals surface area contributed by atoms with Gasteiger partial charge in [0.05, 0.1) is 13.0 Å². The lowest BCUT2D eigenvalue weighted by Crippen LogP contribution is -2.58. The standard InChI is InChI=1S/C21H32N4O6S2.C3H8.3C2H6.CH4S/c1-11(2)17-21(30)31-13(6-4-5-7-32)8-15(26)22-9-16(27)23-14-10-33-12(3)18(20(29)24-17)25-19(14)28;1-3-2;4*1-2/h4,6,11-14,17-18,32H,5,7-10H2,1-3H3,(H,22,26)(H,23,27)(H,24,29)(H,25,28);3H2,1-2H3;3*1-2H3;2H,1H3/b6-4+;;;;;/t12?,13-,14+,17?,18?;;;;;/m0...../s1. The van der Waals surface area contributed by atoms with E-state index in [2.05, 4.69) is 60.4 Å². The molecule has 13 heteroatoms. The molecule has 0 aromatic carbocycles. The van der Waals surface area contributed by atoms with Gasteiger partial charge in [0.2, 0.25) is 23.6 Å². The molecule has 0 radical (unpaired) electrons. The number of carbonyl (C=O) groups excluding carboxylic acids is 5. The van der Waals surface area contributed by atoms with Crippen molar-refractivity contribution in [3.63, 3.8) is 0 Å². The van der Waals surface area contributed by atoms with Gasteiger partial charge in [-0.3, -0.25) is 19.2 Å². The maximum Gasteiger partial charge on any atom is 0.329 e. The minimum absolute atomic E-state index is 0.194. The first-order chi connectivity index (χ1) is 21.0. The second-order valence-corrected chi connectivity index (χ2v) is 10.8. The summed E-state index contributed by atoms with van der Waals surface area (Å²) in [6, 6.07) is -2.71. The fourth-order valence-corrected chi connectivity index (χ4v) is 4.55. The Morgan fingerprint density at radius 2 is 1.45 bits per heavy atom. The number of esters is 1. The van der Waals surface area contributed by atoms with Gasteiger partial charge in [-0.25, -0.2) is 4.79 Å². The number of thiol groups is 2. The second kappa shape index (κ2) is 32.5. The molecule has 44 heavy (non-hydrogen) atoms. The Morgan fingerprint density at radius 3 is 1.95 bits per heavy atom. The Hall–Kier alpha value is -1.86. The van der Waals surface area contributed by atoms with Gasteiger partial charge in [0, 0.05) is 11.0 Å². The number of ether oxygens (including phenoxy) is 1. The van der Waals surface area contributed by atoms with E-state index in [1.807, 2.05) is 41.5 Å². The summed E-state index contributed by atoms with van der Waals surface area (Å²) in [7, 11) is 0. The van der Waals surface area contributed by atoms with E-state index in [9.17, 15) is 24.0 Å². The van der Waals surface area contributed by atoms with Crippen LogP contribution in [0.5, 0.6) is 0 Å². The van der Waals surface area contributed by atoms with Crippen LogP contribution in [0.1, 0.15) is 95.4 Å². The summed E-state index contributed by atoms with van der Waals surface area (Å²) in [5, 5.41) is 10.1. The Morgan fingerprint density at radius 1 is 0.909 bits per heavy atom. The van der Waals surface area contributed by atoms with Crippen LogP contribution < -0.4 is 21.3 Å². The number of nitrogens with one attached hydrogen (secondary N) is 4. The van der Waals surface area contributed by atoms with Gasteiger partial charge in [-0.1, -0.05) is 88.7 Å². The summed E-state index contributed by atoms with van der Waals surface area (Å²) in [6.07, 6.45) is 5.84. The van der Waals surface area contributed by atoms with Gasteiger partial charge in [0.1, 0.15) is 24.2 Å². The number of hydrogen-bond donors (Lipinski definition) is 6. The SMILES string of the molecule is CC.CC.CC.CC(C)C1NC(=O)C2NC(=O)[C@@H](CSC2C)NC(=O)CNC(=O)C[C@H](/C=C/CCS)OC1=O.CCC.CS. The van der Waals surface area contributed by atoms with E-state index in [4.69, 9.17) is 4.74 Å². The summed E-state index contributed by atoms with van der Waals surface area (Å²) >= 11 is 9.01. The van der Waals surface area contributed by atoms with Gasteiger partial charge in [0.15, 0.2) is 0 Å². The third kappa shape index (κ3) is 21.8. The molecule has 260 valence electrons. The number of thioether (sulfide) groups is 1. The molecule has 4 amide bonds. The first kappa shape index (κ1) is 49.0. The maximum absolute atomic E-state index is 13.0. The van der Waals surface area contributed by atoms with Gasteiger partial charge >= 0.3 is 5.97 Å². The summed E-state index contributed by atoms with van der Waals surface area (Å²) in [5.41, 5.74) is 0. The van der Waals surface area contributed by atoms with Crippen molar-refractivity contribution in [1.82, 2.24) is 21.3 Å². The molecule has 0 spiro atoms. The number of hydrogen-bond acceptors (Lipinski definition) is 9. The van der Waals surface area contributed by atoms with Gasteiger partial charge in [0.25, 0.3) is 0 Å². The van der Waals surface area contributed by atoms with E-state index >= 15 is 0 Å². The zero-order valence-electron chi connectivity index (χ0n) is 29.1. The smallest absolute Gasteiger partial charge is 0.329 e. The molecule has 2 aliphatic heterocycles. The van der Waals surface area contributed by atoms with Crippen molar-refractivity contribution in [2.24, 2.45) is 5.92 Å². The van der Waals surface area contributed by atoms with Crippen molar-refractivity contribution in [3.8, 4) is 0 Å². The monoisotopic (exact) mass is 682 g/mol. The van der Waals surface area contributed by atoms with E-state index in [1.165, 1.54) is 18.2 Å². The molecular formula is C31H62N4O6S3.